The second kappa shape index (κ2) is 8.84. The average Bonchev–Trinajstić information content (AvgIpc) is 2.42. The molecule has 3 nitrogen and oxygen atoms in total. The van der Waals surface area contributed by atoms with Crippen LogP contribution in [0.15, 0.2) is 18.2 Å². The van der Waals surface area contributed by atoms with Gasteiger partial charge in [0.2, 0.25) is 5.91 Å². The molecule has 1 aliphatic carbocycles. The van der Waals surface area contributed by atoms with Crippen LogP contribution in [0.1, 0.15) is 31.2 Å². The van der Waals surface area contributed by atoms with Crippen molar-refractivity contribution >= 4 is 41.5 Å². The molecule has 21 heavy (non-hydrogen) atoms. The van der Waals surface area contributed by atoms with Gasteiger partial charge in [-0.25, -0.2) is 0 Å². The lowest BCUT2D eigenvalue weighted by Gasteiger charge is -2.31. The fourth-order valence-electron chi connectivity index (χ4n) is 2.78. The lowest BCUT2D eigenvalue weighted by atomic mass is 9.84. The van der Waals surface area contributed by atoms with Gasteiger partial charge in [0.25, 0.3) is 0 Å². The van der Waals surface area contributed by atoms with E-state index < -0.39 is 0 Å². The van der Waals surface area contributed by atoms with E-state index in [-0.39, 0.29) is 30.8 Å². The Bertz CT molecular complexity index is 482. The van der Waals surface area contributed by atoms with Gasteiger partial charge < -0.3 is 11.1 Å². The second-order valence-corrected chi connectivity index (χ2v) is 6.21. The summed E-state index contributed by atoms with van der Waals surface area (Å²) in [6.07, 6.45) is 4.76. The lowest BCUT2D eigenvalue weighted by molar-refractivity contribution is -0.121. The summed E-state index contributed by atoms with van der Waals surface area (Å²) < 4.78 is 0. The van der Waals surface area contributed by atoms with Crippen molar-refractivity contribution in [3.05, 3.63) is 33.8 Å². The molecule has 2 unspecified atom stereocenters. The zero-order valence-electron chi connectivity index (χ0n) is 11.8. The van der Waals surface area contributed by atoms with Crippen molar-refractivity contribution in [3.63, 3.8) is 0 Å². The minimum Gasteiger partial charge on any atom is -0.353 e. The molecule has 1 saturated carbocycles. The molecule has 1 fully saturated rings. The number of rotatable bonds is 4. The Morgan fingerprint density at radius 3 is 2.67 bits per heavy atom. The largest absolute Gasteiger partial charge is 0.353 e. The van der Waals surface area contributed by atoms with E-state index in [1.54, 1.807) is 18.2 Å². The molecule has 3 N–H and O–H groups in total. The zero-order valence-corrected chi connectivity index (χ0v) is 14.1. The molecule has 1 aromatic rings. The molecular formula is C15H21Cl3N2O. The van der Waals surface area contributed by atoms with Gasteiger partial charge in [-0.05, 0) is 43.0 Å². The molecule has 0 heterocycles. The first-order chi connectivity index (χ1) is 9.60. The van der Waals surface area contributed by atoms with Crippen molar-refractivity contribution in [1.82, 2.24) is 5.32 Å². The standard InChI is InChI=1S/C15H20Cl2N2O.ClH/c16-12-6-5-10(13(17)8-12)7-15(20)19-14-4-2-1-3-11(14)9-18;/h5-6,8,11,14H,1-4,7,9,18H2,(H,19,20);1H. The second-order valence-electron chi connectivity index (χ2n) is 5.37. The Morgan fingerprint density at radius 1 is 1.29 bits per heavy atom. The maximum absolute atomic E-state index is 12.1. The van der Waals surface area contributed by atoms with Gasteiger partial charge in [0.15, 0.2) is 0 Å². The van der Waals surface area contributed by atoms with Crippen LogP contribution in [0.25, 0.3) is 0 Å². The minimum absolute atomic E-state index is 0. The molecule has 0 saturated heterocycles. The molecule has 0 spiro atoms. The van der Waals surface area contributed by atoms with Crippen LogP contribution >= 0.6 is 35.6 Å². The Kier molecular flexibility index (Phi) is 7.82. The van der Waals surface area contributed by atoms with Crippen molar-refractivity contribution in [3.8, 4) is 0 Å². The maximum Gasteiger partial charge on any atom is 0.224 e. The van der Waals surface area contributed by atoms with Gasteiger partial charge >= 0.3 is 0 Å². The van der Waals surface area contributed by atoms with E-state index in [9.17, 15) is 4.79 Å². The van der Waals surface area contributed by atoms with Crippen LogP contribution in [-0.2, 0) is 11.2 Å². The van der Waals surface area contributed by atoms with Crippen LogP contribution in [0.4, 0.5) is 0 Å². The molecule has 0 aliphatic heterocycles. The highest BCUT2D eigenvalue weighted by Crippen LogP contribution is 2.24. The van der Waals surface area contributed by atoms with E-state index in [2.05, 4.69) is 5.32 Å². The van der Waals surface area contributed by atoms with Crippen LogP contribution < -0.4 is 11.1 Å². The molecule has 0 bridgehead atoms. The fraction of sp³-hybridized carbons (Fsp3) is 0.533. The van der Waals surface area contributed by atoms with Gasteiger partial charge in [-0.2, -0.15) is 0 Å². The van der Waals surface area contributed by atoms with Crippen LogP contribution in [0, 0.1) is 5.92 Å². The first kappa shape index (κ1) is 18.6. The van der Waals surface area contributed by atoms with Crippen LogP contribution in [-0.4, -0.2) is 18.5 Å². The van der Waals surface area contributed by atoms with E-state index in [0.717, 1.165) is 24.8 Å². The highest BCUT2D eigenvalue weighted by Gasteiger charge is 2.25. The molecule has 1 aliphatic rings. The molecule has 1 aromatic carbocycles. The van der Waals surface area contributed by atoms with Gasteiger partial charge in [0, 0.05) is 16.1 Å². The Morgan fingerprint density at radius 2 is 2.00 bits per heavy atom. The summed E-state index contributed by atoms with van der Waals surface area (Å²) >= 11 is 11.9. The predicted molar refractivity (Wildman–Crippen MR) is 90.4 cm³/mol. The summed E-state index contributed by atoms with van der Waals surface area (Å²) in [5.74, 6) is 0.396. The van der Waals surface area contributed by atoms with Crippen molar-refractivity contribution in [1.29, 1.82) is 0 Å². The third-order valence-corrected chi connectivity index (χ3v) is 4.51. The molecule has 0 aromatic heterocycles. The topological polar surface area (TPSA) is 55.1 Å². The van der Waals surface area contributed by atoms with Crippen molar-refractivity contribution < 1.29 is 4.79 Å². The highest BCUT2D eigenvalue weighted by molar-refractivity contribution is 6.35. The zero-order chi connectivity index (χ0) is 14.5. The van der Waals surface area contributed by atoms with Gasteiger partial charge in [0.05, 0.1) is 6.42 Å². The minimum atomic E-state index is -0.000396. The molecule has 6 heteroatoms. The molecular weight excluding hydrogens is 331 g/mol. The third-order valence-electron chi connectivity index (χ3n) is 3.92. The van der Waals surface area contributed by atoms with E-state index in [1.165, 1.54) is 6.42 Å². The Balaban J connectivity index is 0.00000220. The van der Waals surface area contributed by atoms with Crippen LogP contribution in [0.3, 0.4) is 0 Å². The number of benzene rings is 1. The van der Waals surface area contributed by atoms with E-state index in [1.807, 2.05) is 0 Å². The van der Waals surface area contributed by atoms with Gasteiger partial charge in [-0.1, -0.05) is 42.1 Å². The monoisotopic (exact) mass is 350 g/mol. The number of amides is 1. The van der Waals surface area contributed by atoms with E-state index in [0.29, 0.717) is 22.5 Å². The maximum atomic E-state index is 12.1. The van der Waals surface area contributed by atoms with Crippen LogP contribution in [0.5, 0.6) is 0 Å². The normalized spacial score (nSPS) is 21.5. The number of nitrogens with two attached hydrogens (primary N) is 1. The van der Waals surface area contributed by atoms with Gasteiger partial charge in [-0.15, -0.1) is 12.4 Å². The summed E-state index contributed by atoms with van der Waals surface area (Å²) in [5.41, 5.74) is 6.58. The average molecular weight is 352 g/mol. The Labute approximate surface area is 142 Å². The number of hydrogen-bond donors (Lipinski definition) is 2. The van der Waals surface area contributed by atoms with Gasteiger partial charge in [-0.3, -0.25) is 4.79 Å². The number of halogens is 3. The van der Waals surface area contributed by atoms with Crippen LogP contribution in [0.2, 0.25) is 10.0 Å². The number of carbonyl (C=O) groups excluding carboxylic acids is 1. The molecule has 118 valence electrons. The number of carbonyl (C=O) groups is 1. The number of nitrogens with one attached hydrogen (secondary N) is 1. The van der Waals surface area contributed by atoms with Crippen molar-refractivity contribution in [2.75, 3.05) is 6.54 Å². The molecule has 0 radical (unpaired) electrons. The number of hydrogen-bond acceptors (Lipinski definition) is 2. The van der Waals surface area contributed by atoms with Crippen molar-refractivity contribution in [2.45, 2.75) is 38.1 Å². The predicted octanol–water partition coefficient (Wildman–Crippen LogP) is 3.59. The molecule has 1 amide bonds. The summed E-state index contributed by atoms with van der Waals surface area (Å²) in [6, 6.07) is 5.41. The smallest absolute Gasteiger partial charge is 0.224 e. The third kappa shape index (κ3) is 5.33. The lowest BCUT2D eigenvalue weighted by Crippen LogP contribution is -2.45. The first-order valence-corrected chi connectivity index (χ1v) is 7.79. The first-order valence-electron chi connectivity index (χ1n) is 7.03. The quantitative estimate of drug-likeness (QED) is 0.871. The van der Waals surface area contributed by atoms with Crippen molar-refractivity contribution in [2.24, 2.45) is 11.7 Å². The SMILES string of the molecule is Cl.NCC1CCCCC1NC(=O)Cc1ccc(Cl)cc1Cl. The Hall–Kier alpha value is -0.480. The van der Waals surface area contributed by atoms with E-state index >= 15 is 0 Å². The summed E-state index contributed by atoms with van der Waals surface area (Å²) in [5, 5.41) is 4.21. The van der Waals surface area contributed by atoms with E-state index in [4.69, 9.17) is 28.9 Å². The molecule has 2 rings (SSSR count). The summed E-state index contributed by atoms with van der Waals surface area (Å²) in [6.45, 7) is 0.632. The highest BCUT2D eigenvalue weighted by atomic mass is 35.5. The van der Waals surface area contributed by atoms with Gasteiger partial charge in [0.1, 0.15) is 0 Å². The summed E-state index contributed by atoms with van der Waals surface area (Å²) in [7, 11) is 0. The fourth-order valence-corrected chi connectivity index (χ4v) is 3.25. The summed E-state index contributed by atoms with van der Waals surface area (Å²) in [4.78, 5) is 12.1. The molecule has 2 atom stereocenters.